The molecule has 1 amide bonds. The summed E-state index contributed by atoms with van der Waals surface area (Å²) in [5.41, 5.74) is 3.35. The number of nitrogens with one attached hydrogen (secondary N) is 1. The summed E-state index contributed by atoms with van der Waals surface area (Å²) in [6.07, 6.45) is 2.86. The lowest BCUT2D eigenvalue weighted by Crippen LogP contribution is -2.24. The molecule has 28 heavy (non-hydrogen) atoms. The van der Waals surface area contributed by atoms with Gasteiger partial charge in [0.25, 0.3) is 5.91 Å². The number of hydrogen-bond donors (Lipinski definition) is 1. The van der Waals surface area contributed by atoms with Crippen molar-refractivity contribution in [2.45, 2.75) is 46.6 Å². The molecule has 0 atom stereocenters. The monoisotopic (exact) mass is 398 g/mol. The molecule has 5 nitrogen and oxygen atoms in total. The van der Waals surface area contributed by atoms with E-state index in [0.29, 0.717) is 24.7 Å². The third-order valence-corrected chi connectivity index (χ3v) is 5.38. The van der Waals surface area contributed by atoms with Crippen LogP contribution in [0.15, 0.2) is 40.1 Å². The van der Waals surface area contributed by atoms with Crippen molar-refractivity contribution >= 4 is 17.2 Å². The maximum Gasteiger partial charge on any atom is 0.286 e. The van der Waals surface area contributed by atoms with E-state index < -0.39 is 0 Å². The highest BCUT2D eigenvalue weighted by Crippen LogP contribution is 2.20. The third kappa shape index (κ3) is 5.70. The molecule has 0 unspecified atom stereocenters. The molecule has 0 radical (unpaired) electrons. The van der Waals surface area contributed by atoms with Crippen molar-refractivity contribution in [2.24, 2.45) is 0 Å². The number of furan rings is 1. The first-order valence-corrected chi connectivity index (χ1v) is 10.4. The van der Waals surface area contributed by atoms with Crippen LogP contribution >= 0.6 is 11.3 Å². The summed E-state index contributed by atoms with van der Waals surface area (Å²) in [5, 5.41) is 6.12. The summed E-state index contributed by atoms with van der Waals surface area (Å²) >= 11 is 1.69. The van der Waals surface area contributed by atoms with Gasteiger partial charge < -0.3 is 14.5 Å². The molecule has 0 bridgehead atoms. The molecule has 0 aliphatic carbocycles. The molecular weight excluding hydrogens is 372 g/mol. The highest BCUT2D eigenvalue weighted by atomic mass is 32.1. The number of unbranched alkanes of at least 4 members (excludes halogenated alkanes) is 1. The first-order valence-electron chi connectivity index (χ1n) is 9.49. The highest BCUT2D eigenvalue weighted by Gasteiger charge is 2.11. The summed E-state index contributed by atoms with van der Waals surface area (Å²) in [5.74, 6) is 1.57. The van der Waals surface area contributed by atoms with Crippen LogP contribution in [0.3, 0.4) is 0 Å². The Morgan fingerprint density at radius 3 is 2.79 bits per heavy atom. The number of nitrogens with zero attached hydrogens (tertiary/aromatic N) is 1. The molecule has 0 saturated heterocycles. The lowest BCUT2D eigenvalue weighted by atomic mass is 10.1. The smallest absolute Gasteiger partial charge is 0.286 e. The van der Waals surface area contributed by atoms with E-state index >= 15 is 0 Å². The number of carbonyl (C=O) groups is 1. The Kier molecular flexibility index (Phi) is 6.87. The second-order valence-electron chi connectivity index (χ2n) is 6.92. The molecule has 0 fully saturated rings. The molecule has 0 spiro atoms. The van der Waals surface area contributed by atoms with Crippen LogP contribution in [0.25, 0.3) is 0 Å². The van der Waals surface area contributed by atoms with Crippen LogP contribution in [-0.2, 0) is 13.0 Å². The van der Waals surface area contributed by atoms with Crippen LogP contribution in [0.5, 0.6) is 5.75 Å². The number of ether oxygens (including phenoxy) is 1. The lowest BCUT2D eigenvalue weighted by molar-refractivity contribution is 0.0921. The van der Waals surface area contributed by atoms with E-state index in [2.05, 4.69) is 21.7 Å². The molecule has 2 aromatic heterocycles. The second kappa shape index (κ2) is 9.55. The van der Waals surface area contributed by atoms with Gasteiger partial charge in [0.1, 0.15) is 18.1 Å². The van der Waals surface area contributed by atoms with Gasteiger partial charge in [-0.15, -0.1) is 11.3 Å². The number of aryl methyl sites for hydroxylation is 4. The quantitative estimate of drug-likeness (QED) is 0.516. The average molecular weight is 399 g/mol. The minimum Gasteiger partial charge on any atom is -0.485 e. The molecule has 6 heteroatoms. The Balaban J connectivity index is 1.39. The molecule has 0 aliphatic rings. The van der Waals surface area contributed by atoms with E-state index in [0.717, 1.165) is 41.3 Å². The summed E-state index contributed by atoms with van der Waals surface area (Å²) in [4.78, 5) is 16.7. The van der Waals surface area contributed by atoms with Crippen molar-refractivity contribution in [1.82, 2.24) is 10.3 Å². The van der Waals surface area contributed by atoms with E-state index in [9.17, 15) is 4.79 Å². The normalized spacial score (nSPS) is 10.8. The van der Waals surface area contributed by atoms with E-state index in [1.807, 2.05) is 32.9 Å². The summed E-state index contributed by atoms with van der Waals surface area (Å²) in [6, 6.07) is 9.51. The predicted octanol–water partition coefficient (Wildman–Crippen LogP) is 4.99. The van der Waals surface area contributed by atoms with Gasteiger partial charge in [0.2, 0.25) is 0 Å². The van der Waals surface area contributed by atoms with Gasteiger partial charge in [0.15, 0.2) is 5.76 Å². The summed E-state index contributed by atoms with van der Waals surface area (Å²) in [7, 11) is 0. The van der Waals surface area contributed by atoms with Gasteiger partial charge in [0, 0.05) is 17.6 Å². The summed E-state index contributed by atoms with van der Waals surface area (Å²) < 4.78 is 11.4. The van der Waals surface area contributed by atoms with Gasteiger partial charge in [-0.2, -0.15) is 0 Å². The average Bonchev–Trinajstić information content (AvgIpc) is 3.30. The van der Waals surface area contributed by atoms with Crippen LogP contribution in [0.1, 0.15) is 51.0 Å². The molecule has 2 heterocycles. The standard InChI is InChI=1S/C22H26N2O3S/c1-15-7-9-19(16(2)12-15)26-13-18-8-10-20(27-18)22(25)23-11-5-4-6-21-24-17(3)14-28-21/h7-10,12,14H,4-6,11,13H2,1-3H3,(H,23,25). The van der Waals surface area contributed by atoms with Gasteiger partial charge in [0.05, 0.1) is 5.01 Å². The lowest BCUT2D eigenvalue weighted by Gasteiger charge is -2.08. The summed E-state index contributed by atoms with van der Waals surface area (Å²) in [6.45, 7) is 6.99. The molecular formula is C22H26N2O3S. The number of thiazole rings is 1. The number of amides is 1. The van der Waals surface area contributed by atoms with Gasteiger partial charge in [-0.05, 0) is 63.8 Å². The molecule has 1 aromatic carbocycles. The first-order chi connectivity index (χ1) is 13.5. The van der Waals surface area contributed by atoms with E-state index in [1.165, 1.54) is 5.56 Å². The molecule has 148 valence electrons. The largest absolute Gasteiger partial charge is 0.485 e. The van der Waals surface area contributed by atoms with Crippen molar-refractivity contribution in [1.29, 1.82) is 0 Å². The topological polar surface area (TPSA) is 64.4 Å². The Morgan fingerprint density at radius 1 is 1.18 bits per heavy atom. The zero-order chi connectivity index (χ0) is 19.9. The highest BCUT2D eigenvalue weighted by molar-refractivity contribution is 7.09. The Hall–Kier alpha value is -2.60. The fourth-order valence-electron chi connectivity index (χ4n) is 2.90. The minimum absolute atomic E-state index is 0.192. The number of hydrogen-bond acceptors (Lipinski definition) is 5. The Morgan fingerprint density at radius 2 is 2.04 bits per heavy atom. The van der Waals surface area contributed by atoms with Gasteiger partial charge >= 0.3 is 0 Å². The Labute approximate surface area is 169 Å². The van der Waals surface area contributed by atoms with Gasteiger partial charge in [-0.25, -0.2) is 4.98 Å². The van der Waals surface area contributed by atoms with E-state index in [-0.39, 0.29) is 5.91 Å². The van der Waals surface area contributed by atoms with Crippen molar-refractivity contribution in [3.63, 3.8) is 0 Å². The van der Waals surface area contributed by atoms with Crippen LogP contribution in [0.2, 0.25) is 0 Å². The van der Waals surface area contributed by atoms with Gasteiger partial charge in [-0.1, -0.05) is 17.7 Å². The van der Waals surface area contributed by atoms with E-state index in [1.54, 1.807) is 23.5 Å². The van der Waals surface area contributed by atoms with Crippen LogP contribution in [0, 0.1) is 20.8 Å². The fourth-order valence-corrected chi connectivity index (χ4v) is 3.71. The van der Waals surface area contributed by atoms with Crippen LogP contribution in [0.4, 0.5) is 0 Å². The molecule has 0 saturated carbocycles. The zero-order valence-electron chi connectivity index (χ0n) is 16.6. The second-order valence-corrected chi connectivity index (χ2v) is 7.86. The predicted molar refractivity (Wildman–Crippen MR) is 111 cm³/mol. The Bertz CT molecular complexity index is 930. The number of aromatic nitrogens is 1. The van der Waals surface area contributed by atoms with Crippen molar-refractivity contribution < 1.29 is 13.9 Å². The SMILES string of the molecule is Cc1ccc(OCc2ccc(C(=O)NCCCCc3nc(C)cs3)o2)c(C)c1. The molecule has 0 aliphatic heterocycles. The minimum atomic E-state index is -0.192. The van der Waals surface area contributed by atoms with Crippen LogP contribution in [-0.4, -0.2) is 17.4 Å². The maximum absolute atomic E-state index is 12.2. The molecule has 1 N–H and O–H groups in total. The zero-order valence-corrected chi connectivity index (χ0v) is 17.4. The van der Waals surface area contributed by atoms with Gasteiger partial charge in [-0.3, -0.25) is 4.79 Å². The van der Waals surface area contributed by atoms with Crippen LogP contribution < -0.4 is 10.1 Å². The number of carbonyl (C=O) groups excluding carboxylic acids is 1. The van der Waals surface area contributed by atoms with E-state index in [4.69, 9.17) is 9.15 Å². The molecule has 3 aromatic rings. The number of rotatable bonds is 9. The van der Waals surface area contributed by atoms with Crippen molar-refractivity contribution in [3.05, 3.63) is 69.1 Å². The third-order valence-electron chi connectivity index (χ3n) is 4.36. The van der Waals surface area contributed by atoms with Crippen molar-refractivity contribution in [2.75, 3.05) is 6.54 Å². The first kappa shape index (κ1) is 20.1. The number of benzene rings is 1. The van der Waals surface area contributed by atoms with Crippen molar-refractivity contribution in [3.8, 4) is 5.75 Å². The maximum atomic E-state index is 12.2. The fraction of sp³-hybridized carbons (Fsp3) is 0.364. The molecule has 3 rings (SSSR count).